The molecule has 0 radical (unpaired) electrons. The fourth-order valence-corrected chi connectivity index (χ4v) is 3.39. The number of esters is 1. The monoisotopic (exact) mass is 402 g/mol. The fourth-order valence-electron chi connectivity index (χ4n) is 3.39. The second-order valence-corrected chi connectivity index (χ2v) is 8.84. The molecule has 1 N–H and O–H groups in total. The normalized spacial score (nSPS) is 17.0. The molecule has 1 unspecified atom stereocenters. The standard InChI is InChI=1S/C23H34N2O4/c1-17-7-9-18(10-8-17)11-12-20(26)24-13-15-29-21(27)19-6-5-14-25(16-19)22(28)23(2,3)4/h7-10,19H,5-6,11-16H2,1-4H3,(H,24,26). The van der Waals surface area contributed by atoms with Gasteiger partial charge in [-0.25, -0.2) is 0 Å². The van der Waals surface area contributed by atoms with Crippen LogP contribution < -0.4 is 5.32 Å². The Morgan fingerprint density at radius 2 is 1.86 bits per heavy atom. The van der Waals surface area contributed by atoms with Gasteiger partial charge in [0, 0.05) is 24.9 Å². The van der Waals surface area contributed by atoms with Crippen LogP contribution in [0.1, 0.15) is 51.2 Å². The van der Waals surface area contributed by atoms with Crippen molar-refractivity contribution in [1.29, 1.82) is 0 Å². The number of nitrogens with one attached hydrogen (secondary N) is 1. The van der Waals surface area contributed by atoms with Gasteiger partial charge < -0.3 is 15.0 Å². The van der Waals surface area contributed by atoms with Gasteiger partial charge in [0.2, 0.25) is 11.8 Å². The van der Waals surface area contributed by atoms with Crippen molar-refractivity contribution in [3.63, 3.8) is 0 Å². The van der Waals surface area contributed by atoms with Crippen LogP contribution in [0.2, 0.25) is 0 Å². The quantitative estimate of drug-likeness (QED) is 0.562. The Kier molecular flexibility index (Phi) is 8.23. The third kappa shape index (κ3) is 7.52. The summed E-state index contributed by atoms with van der Waals surface area (Å²) in [6.07, 6.45) is 2.63. The average molecular weight is 403 g/mol. The number of likely N-dealkylation sites (tertiary alicyclic amines) is 1. The molecule has 2 amide bonds. The van der Waals surface area contributed by atoms with Crippen LogP contribution in [0.25, 0.3) is 0 Å². The molecule has 0 saturated carbocycles. The number of benzene rings is 1. The molecule has 1 fully saturated rings. The topological polar surface area (TPSA) is 75.7 Å². The molecule has 0 aromatic heterocycles. The van der Waals surface area contributed by atoms with Crippen LogP contribution in [0.15, 0.2) is 24.3 Å². The Hall–Kier alpha value is -2.37. The predicted octanol–water partition coefficient (Wildman–Crippen LogP) is 2.87. The maximum absolute atomic E-state index is 12.4. The summed E-state index contributed by atoms with van der Waals surface area (Å²) in [5, 5.41) is 2.79. The van der Waals surface area contributed by atoms with E-state index in [1.165, 1.54) is 5.56 Å². The van der Waals surface area contributed by atoms with Crippen molar-refractivity contribution in [2.75, 3.05) is 26.2 Å². The van der Waals surface area contributed by atoms with Gasteiger partial charge in [-0.1, -0.05) is 50.6 Å². The van der Waals surface area contributed by atoms with Gasteiger partial charge in [-0.15, -0.1) is 0 Å². The second-order valence-electron chi connectivity index (χ2n) is 8.84. The summed E-state index contributed by atoms with van der Waals surface area (Å²) in [6.45, 7) is 9.25. The van der Waals surface area contributed by atoms with E-state index in [1.807, 2.05) is 52.0 Å². The molecular formula is C23H34N2O4. The van der Waals surface area contributed by atoms with Crippen molar-refractivity contribution < 1.29 is 19.1 Å². The minimum absolute atomic E-state index is 0.0544. The van der Waals surface area contributed by atoms with Crippen LogP contribution in [0.5, 0.6) is 0 Å². The van der Waals surface area contributed by atoms with Crippen molar-refractivity contribution in [3.8, 4) is 0 Å². The van der Waals surface area contributed by atoms with Crippen LogP contribution in [0.4, 0.5) is 0 Å². The molecule has 1 atom stereocenters. The van der Waals surface area contributed by atoms with E-state index in [0.717, 1.165) is 18.4 Å². The molecule has 0 spiro atoms. The van der Waals surface area contributed by atoms with E-state index in [2.05, 4.69) is 5.32 Å². The Labute approximate surface area is 174 Å². The summed E-state index contributed by atoms with van der Waals surface area (Å²) >= 11 is 0. The molecule has 29 heavy (non-hydrogen) atoms. The highest BCUT2D eigenvalue weighted by Crippen LogP contribution is 2.24. The van der Waals surface area contributed by atoms with E-state index < -0.39 is 5.41 Å². The molecule has 1 aliphatic rings. The maximum atomic E-state index is 12.4. The first-order chi connectivity index (χ1) is 13.7. The summed E-state index contributed by atoms with van der Waals surface area (Å²) in [6, 6.07) is 8.13. The van der Waals surface area contributed by atoms with E-state index in [0.29, 0.717) is 32.5 Å². The largest absolute Gasteiger partial charge is 0.464 e. The number of nitrogens with zero attached hydrogens (tertiary/aromatic N) is 1. The van der Waals surface area contributed by atoms with Gasteiger partial charge in [-0.2, -0.15) is 0 Å². The maximum Gasteiger partial charge on any atom is 0.310 e. The van der Waals surface area contributed by atoms with Crippen LogP contribution in [-0.2, 0) is 25.5 Å². The molecule has 1 heterocycles. The number of carbonyl (C=O) groups is 3. The van der Waals surface area contributed by atoms with Gasteiger partial charge in [-0.05, 0) is 31.7 Å². The lowest BCUT2D eigenvalue weighted by atomic mass is 9.91. The zero-order chi connectivity index (χ0) is 21.4. The van der Waals surface area contributed by atoms with E-state index in [1.54, 1.807) is 4.90 Å². The number of rotatable bonds is 7. The van der Waals surface area contributed by atoms with Gasteiger partial charge in [0.25, 0.3) is 0 Å². The first-order valence-electron chi connectivity index (χ1n) is 10.4. The number of hydrogen-bond acceptors (Lipinski definition) is 4. The molecule has 1 aromatic carbocycles. The summed E-state index contributed by atoms with van der Waals surface area (Å²) in [4.78, 5) is 38.5. The van der Waals surface area contributed by atoms with Gasteiger partial charge >= 0.3 is 5.97 Å². The van der Waals surface area contributed by atoms with Crippen LogP contribution in [0.3, 0.4) is 0 Å². The Balaban J connectivity index is 1.65. The van der Waals surface area contributed by atoms with Crippen LogP contribution >= 0.6 is 0 Å². The first-order valence-corrected chi connectivity index (χ1v) is 10.4. The Morgan fingerprint density at radius 3 is 2.52 bits per heavy atom. The third-order valence-corrected chi connectivity index (χ3v) is 5.11. The lowest BCUT2D eigenvalue weighted by Gasteiger charge is -2.35. The third-order valence-electron chi connectivity index (χ3n) is 5.11. The SMILES string of the molecule is Cc1ccc(CCC(=O)NCCOC(=O)C2CCCN(C(=O)C(C)(C)C)C2)cc1. The molecule has 160 valence electrons. The number of ether oxygens (including phenoxy) is 1. The number of aryl methyl sites for hydroxylation is 2. The van der Waals surface area contributed by atoms with Gasteiger partial charge in [0.15, 0.2) is 0 Å². The van der Waals surface area contributed by atoms with E-state index in [4.69, 9.17) is 4.74 Å². The van der Waals surface area contributed by atoms with Crippen LogP contribution in [0, 0.1) is 18.3 Å². The van der Waals surface area contributed by atoms with E-state index >= 15 is 0 Å². The van der Waals surface area contributed by atoms with Gasteiger partial charge in [0.05, 0.1) is 12.5 Å². The molecule has 0 bridgehead atoms. The van der Waals surface area contributed by atoms with Crippen molar-refractivity contribution in [2.24, 2.45) is 11.3 Å². The average Bonchev–Trinajstić information content (AvgIpc) is 2.69. The zero-order valence-corrected chi connectivity index (χ0v) is 18.1. The minimum Gasteiger partial charge on any atom is -0.464 e. The molecule has 1 saturated heterocycles. The summed E-state index contributed by atoms with van der Waals surface area (Å²) < 4.78 is 5.33. The second kappa shape index (κ2) is 10.4. The van der Waals surface area contributed by atoms with Crippen molar-refractivity contribution in [3.05, 3.63) is 35.4 Å². The summed E-state index contributed by atoms with van der Waals surface area (Å²) in [5.41, 5.74) is 1.88. The van der Waals surface area contributed by atoms with Crippen LogP contribution in [-0.4, -0.2) is 48.9 Å². The highest BCUT2D eigenvalue weighted by Gasteiger charge is 2.33. The van der Waals surface area contributed by atoms with Crippen molar-refractivity contribution in [2.45, 2.75) is 53.4 Å². The molecule has 1 aliphatic heterocycles. The molecule has 2 rings (SSSR count). The van der Waals surface area contributed by atoms with Gasteiger partial charge in [-0.3, -0.25) is 14.4 Å². The molecule has 0 aliphatic carbocycles. The number of hydrogen-bond donors (Lipinski definition) is 1. The first kappa shape index (κ1) is 22.9. The zero-order valence-electron chi connectivity index (χ0n) is 18.1. The fraction of sp³-hybridized carbons (Fsp3) is 0.609. The van der Waals surface area contributed by atoms with E-state index in [9.17, 15) is 14.4 Å². The smallest absolute Gasteiger partial charge is 0.310 e. The van der Waals surface area contributed by atoms with E-state index in [-0.39, 0.29) is 30.3 Å². The number of amides is 2. The summed E-state index contributed by atoms with van der Waals surface area (Å²) in [5.74, 6) is -0.560. The number of piperidine rings is 1. The summed E-state index contributed by atoms with van der Waals surface area (Å²) in [7, 11) is 0. The van der Waals surface area contributed by atoms with Crippen molar-refractivity contribution >= 4 is 17.8 Å². The lowest BCUT2D eigenvalue weighted by molar-refractivity contribution is -0.153. The predicted molar refractivity (Wildman–Crippen MR) is 112 cm³/mol. The Bertz CT molecular complexity index is 707. The Morgan fingerprint density at radius 1 is 1.17 bits per heavy atom. The highest BCUT2D eigenvalue weighted by molar-refractivity contribution is 5.82. The molecule has 6 nitrogen and oxygen atoms in total. The lowest BCUT2D eigenvalue weighted by Crippen LogP contribution is -2.47. The highest BCUT2D eigenvalue weighted by atomic mass is 16.5. The molecular weight excluding hydrogens is 368 g/mol. The van der Waals surface area contributed by atoms with Gasteiger partial charge in [0.1, 0.15) is 6.61 Å². The molecule has 1 aromatic rings. The number of carbonyl (C=O) groups excluding carboxylic acids is 3. The van der Waals surface area contributed by atoms with Crippen molar-refractivity contribution in [1.82, 2.24) is 10.2 Å². The molecule has 6 heteroatoms. The minimum atomic E-state index is -0.450.